The minimum absolute atomic E-state index is 0.844. The molecule has 0 aliphatic carbocycles. The Hall–Kier alpha value is -2.68. The molecule has 3 heteroatoms. The highest BCUT2D eigenvalue weighted by atomic mass is 16.5. The summed E-state index contributed by atoms with van der Waals surface area (Å²) in [5, 5.41) is 0. The summed E-state index contributed by atoms with van der Waals surface area (Å²) < 4.78 is 12.2. The van der Waals surface area contributed by atoms with Crippen molar-refractivity contribution in [1.82, 2.24) is 0 Å². The summed E-state index contributed by atoms with van der Waals surface area (Å²) in [6, 6.07) is 16.0. The fourth-order valence-electron chi connectivity index (χ4n) is 2.10. The van der Waals surface area contributed by atoms with Gasteiger partial charge in [0, 0.05) is 6.72 Å². The topological polar surface area (TPSA) is 21.5 Å². The lowest BCUT2D eigenvalue weighted by Gasteiger charge is -2.15. The first-order valence-corrected chi connectivity index (χ1v) is 7.01. The third-order valence-corrected chi connectivity index (χ3v) is 3.30. The van der Waals surface area contributed by atoms with E-state index in [0.717, 1.165) is 28.2 Å². The van der Waals surface area contributed by atoms with Gasteiger partial charge < -0.3 is 14.0 Å². The van der Waals surface area contributed by atoms with Crippen molar-refractivity contribution in [2.24, 2.45) is 0 Å². The number of benzene rings is 2. The number of rotatable bonds is 6. The summed E-state index contributed by atoms with van der Waals surface area (Å²) >= 11 is 0. The predicted octanol–water partition coefficient (Wildman–Crippen LogP) is 3.64. The van der Waals surface area contributed by atoms with Crippen molar-refractivity contribution in [3.05, 3.63) is 72.3 Å². The van der Waals surface area contributed by atoms with E-state index in [1.165, 1.54) is 0 Å². The molecule has 0 aromatic heterocycles. The molecule has 0 amide bonds. The number of hydrogen-bond acceptors (Lipinski definition) is 2. The van der Waals surface area contributed by atoms with Crippen LogP contribution in [0.5, 0.6) is 11.5 Å². The Labute approximate surface area is 132 Å². The van der Waals surface area contributed by atoms with E-state index in [9.17, 15) is 0 Å². The lowest BCUT2D eigenvalue weighted by Crippen LogP contribution is -1.97. The molecule has 0 radical (unpaired) electrons. The van der Waals surface area contributed by atoms with Crippen LogP contribution in [0.4, 0.5) is 0 Å². The summed E-state index contributed by atoms with van der Waals surface area (Å²) in [7, 11) is 5.23. The van der Waals surface area contributed by atoms with Gasteiger partial charge in [0.25, 0.3) is 0 Å². The van der Waals surface area contributed by atoms with Gasteiger partial charge in [0.15, 0.2) is 0 Å². The summed E-state index contributed by atoms with van der Waals surface area (Å²) in [6.07, 6.45) is 2.05. The van der Waals surface area contributed by atoms with Gasteiger partial charge in [0.05, 0.1) is 20.8 Å². The molecule has 0 saturated carbocycles. The summed E-state index contributed by atoms with van der Waals surface area (Å²) in [5.41, 5.74) is 3.34. The van der Waals surface area contributed by atoms with Gasteiger partial charge in [0.1, 0.15) is 18.5 Å². The van der Waals surface area contributed by atoms with Crippen LogP contribution in [0, 0.1) is 6.54 Å². The predicted molar refractivity (Wildman–Crippen MR) is 90.7 cm³/mol. The Morgan fingerprint density at radius 3 is 1.64 bits per heavy atom. The van der Waals surface area contributed by atoms with Gasteiger partial charge in [-0.15, -0.1) is 11.6 Å². The number of likely N-dealkylation sites (N-methyl/N-ethyl adjacent to an activating group) is 1. The molecular formula is C19H21NO2. The molecule has 2 rings (SSSR count). The zero-order chi connectivity index (χ0) is 15.9. The molecule has 0 heterocycles. The van der Waals surface area contributed by atoms with Crippen molar-refractivity contribution in [3.8, 4) is 11.5 Å². The van der Waals surface area contributed by atoms with E-state index in [4.69, 9.17) is 9.47 Å². The quantitative estimate of drug-likeness (QED) is 0.461. The number of methoxy groups -OCH3 is 2. The van der Waals surface area contributed by atoms with E-state index in [2.05, 4.69) is 12.8 Å². The van der Waals surface area contributed by atoms with Gasteiger partial charge >= 0.3 is 0 Å². The first-order chi connectivity index (χ1) is 10.6. The maximum atomic E-state index is 5.22. The Morgan fingerprint density at radius 1 is 0.909 bits per heavy atom. The summed E-state index contributed by atoms with van der Waals surface area (Å²) in [6.45, 7) is 5.78. The zero-order valence-electron chi connectivity index (χ0n) is 13.2. The number of nitrogens with zero attached hydrogens (tertiary/aromatic N) is 1. The molecule has 0 aliphatic rings. The zero-order valence-corrected chi connectivity index (χ0v) is 13.2. The molecule has 0 spiro atoms. The normalized spacial score (nSPS) is 9.77. The molecule has 0 bridgehead atoms. The van der Waals surface area contributed by atoms with Crippen LogP contribution < -0.4 is 9.47 Å². The first-order valence-electron chi connectivity index (χ1n) is 7.01. The standard InChI is InChI=1S/C19H21NO2/c1-20(2)14-13-19(15-5-9-17(21-3)10-6-15)16-7-11-18(22-4)12-8-16/h5-14H,1H2,2-4H3. The van der Waals surface area contributed by atoms with E-state index < -0.39 is 0 Å². The third-order valence-electron chi connectivity index (χ3n) is 3.30. The molecule has 0 saturated heterocycles. The van der Waals surface area contributed by atoms with Gasteiger partial charge in [-0.2, -0.15) is 0 Å². The third kappa shape index (κ3) is 3.92. The molecule has 114 valence electrons. The maximum Gasteiger partial charge on any atom is 0.118 e. The maximum absolute atomic E-state index is 5.22. The van der Waals surface area contributed by atoms with Gasteiger partial charge in [-0.05, 0) is 24.3 Å². The van der Waals surface area contributed by atoms with Crippen molar-refractivity contribution in [2.75, 3.05) is 21.3 Å². The minimum atomic E-state index is 0.844. The van der Waals surface area contributed by atoms with Gasteiger partial charge in [0.2, 0.25) is 0 Å². The van der Waals surface area contributed by atoms with Gasteiger partial charge in [-0.1, -0.05) is 35.4 Å². The Bertz CT molecular complexity index is 605. The van der Waals surface area contributed by atoms with Crippen molar-refractivity contribution >= 4 is 12.3 Å². The van der Waals surface area contributed by atoms with Crippen LogP contribution in [-0.4, -0.2) is 32.6 Å². The molecule has 2 aromatic rings. The summed E-state index contributed by atoms with van der Waals surface area (Å²) in [5.74, 6) is 1.69. The van der Waals surface area contributed by atoms with E-state index in [1.54, 1.807) is 18.8 Å². The summed E-state index contributed by atoms with van der Waals surface area (Å²) in [4.78, 5) is 0. The SMILES string of the molecule is C=[N+](C)[CH-]C=C(c1ccc(OC)cc1)c1ccc(OC)cc1. The fraction of sp³-hybridized carbons (Fsp3) is 0.158. The fourth-order valence-corrected chi connectivity index (χ4v) is 2.10. The monoisotopic (exact) mass is 295 g/mol. The lowest BCUT2D eigenvalue weighted by molar-refractivity contribution is -0.437. The van der Waals surface area contributed by atoms with E-state index in [0.29, 0.717) is 0 Å². The molecule has 0 atom stereocenters. The van der Waals surface area contributed by atoms with Crippen molar-refractivity contribution in [3.63, 3.8) is 0 Å². The van der Waals surface area contributed by atoms with Crippen LogP contribution in [0.25, 0.3) is 5.57 Å². The Morgan fingerprint density at radius 2 is 1.32 bits per heavy atom. The Kier molecular flexibility index (Phi) is 5.26. The minimum Gasteiger partial charge on any atom is -0.497 e. The first kappa shape index (κ1) is 15.7. The van der Waals surface area contributed by atoms with Crippen molar-refractivity contribution in [1.29, 1.82) is 0 Å². The molecule has 0 N–H and O–H groups in total. The molecule has 0 aliphatic heterocycles. The van der Waals surface area contributed by atoms with Crippen molar-refractivity contribution < 1.29 is 14.0 Å². The average molecular weight is 295 g/mol. The molecular weight excluding hydrogens is 274 g/mol. The second-order valence-electron chi connectivity index (χ2n) is 4.94. The second-order valence-corrected chi connectivity index (χ2v) is 4.94. The van der Waals surface area contributed by atoms with Crippen LogP contribution in [0.15, 0.2) is 54.6 Å². The molecule has 22 heavy (non-hydrogen) atoms. The molecule has 3 nitrogen and oxygen atoms in total. The smallest absolute Gasteiger partial charge is 0.118 e. The highest BCUT2D eigenvalue weighted by Gasteiger charge is 2.02. The van der Waals surface area contributed by atoms with Crippen LogP contribution in [0.1, 0.15) is 11.1 Å². The molecule has 0 fully saturated rings. The van der Waals surface area contributed by atoms with Crippen LogP contribution >= 0.6 is 0 Å². The second kappa shape index (κ2) is 7.36. The van der Waals surface area contributed by atoms with E-state index in [-0.39, 0.29) is 0 Å². The highest BCUT2D eigenvalue weighted by molar-refractivity contribution is 5.80. The van der Waals surface area contributed by atoms with E-state index in [1.807, 2.05) is 62.1 Å². The lowest BCUT2D eigenvalue weighted by atomic mass is 9.97. The molecule has 2 aromatic carbocycles. The Balaban J connectivity index is 2.40. The molecule has 0 unspecified atom stereocenters. The van der Waals surface area contributed by atoms with E-state index >= 15 is 0 Å². The van der Waals surface area contributed by atoms with Crippen molar-refractivity contribution in [2.45, 2.75) is 0 Å². The van der Waals surface area contributed by atoms with Crippen LogP contribution in [0.3, 0.4) is 0 Å². The largest absolute Gasteiger partial charge is 0.497 e. The average Bonchev–Trinajstić information content (AvgIpc) is 2.56. The van der Waals surface area contributed by atoms with Gasteiger partial charge in [-0.25, -0.2) is 0 Å². The van der Waals surface area contributed by atoms with Crippen LogP contribution in [0.2, 0.25) is 0 Å². The number of ether oxygens (including phenoxy) is 2. The highest BCUT2D eigenvalue weighted by Crippen LogP contribution is 2.27. The van der Waals surface area contributed by atoms with Gasteiger partial charge in [-0.3, -0.25) is 0 Å². The van der Waals surface area contributed by atoms with Crippen LogP contribution in [-0.2, 0) is 0 Å². The number of hydrogen-bond donors (Lipinski definition) is 0.